The summed E-state index contributed by atoms with van der Waals surface area (Å²) in [5, 5.41) is 3.29. The largest absolute Gasteiger partial charge is 0.464 e. The minimum absolute atomic E-state index is 0.0498. The maximum Gasteiger partial charge on any atom is 0.305 e. The number of nitrogens with one attached hydrogen (secondary N) is 1. The van der Waals surface area contributed by atoms with Crippen LogP contribution in [0.2, 0.25) is 0 Å². The van der Waals surface area contributed by atoms with Gasteiger partial charge >= 0.3 is 5.97 Å². The average molecular weight is 243 g/mol. The van der Waals surface area contributed by atoms with E-state index in [1.165, 1.54) is 25.7 Å². The Bertz CT molecular complexity index is 172. The van der Waals surface area contributed by atoms with Crippen LogP contribution in [-0.4, -0.2) is 25.7 Å². The molecule has 0 fully saturated rings. The molecule has 0 aromatic heterocycles. The first-order chi connectivity index (χ1) is 8.31. The smallest absolute Gasteiger partial charge is 0.305 e. The highest BCUT2D eigenvalue weighted by Crippen LogP contribution is 2.00. The molecule has 0 saturated heterocycles. The molecule has 0 aromatic carbocycles. The molecule has 0 aliphatic carbocycles. The van der Waals surface area contributed by atoms with Gasteiger partial charge in [0, 0.05) is 13.0 Å². The van der Waals surface area contributed by atoms with E-state index < -0.39 is 0 Å². The fraction of sp³-hybridized carbons (Fsp3) is 0.929. The summed E-state index contributed by atoms with van der Waals surface area (Å²) < 4.78 is 5.11. The molecule has 0 spiro atoms. The molecule has 0 saturated carbocycles. The standard InChI is InChI=1S/C14H29NO2/c1-3-5-7-9-11-15-12-13-17-14(16)10-8-6-4-2/h15H,3-13H2,1-2H3. The second-order valence-electron chi connectivity index (χ2n) is 4.49. The summed E-state index contributed by atoms with van der Waals surface area (Å²) in [6.07, 6.45) is 8.89. The van der Waals surface area contributed by atoms with Crippen LogP contribution in [-0.2, 0) is 9.53 Å². The maximum absolute atomic E-state index is 11.2. The fourth-order valence-electron chi connectivity index (χ4n) is 1.63. The topological polar surface area (TPSA) is 38.3 Å². The second kappa shape index (κ2) is 13.5. The van der Waals surface area contributed by atoms with E-state index >= 15 is 0 Å². The van der Waals surface area contributed by atoms with Crippen LogP contribution in [0.3, 0.4) is 0 Å². The minimum atomic E-state index is -0.0498. The van der Waals surface area contributed by atoms with Gasteiger partial charge in [0.15, 0.2) is 0 Å². The van der Waals surface area contributed by atoms with Crippen LogP contribution in [0.4, 0.5) is 0 Å². The first-order valence-corrected chi connectivity index (χ1v) is 7.17. The van der Waals surface area contributed by atoms with Crippen LogP contribution in [0.25, 0.3) is 0 Å². The van der Waals surface area contributed by atoms with Gasteiger partial charge in [-0.1, -0.05) is 46.0 Å². The lowest BCUT2D eigenvalue weighted by molar-refractivity contribution is -0.143. The highest BCUT2D eigenvalue weighted by Gasteiger charge is 2.01. The van der Waals surface area contributed by atoms with E-state index in [1.807, 2.05) is 0 Å². The van der Waals surface area contributed by atoms with Crippen LogP contribution < -0.4 is 5.32 Å². The van der Waals surface area contributed by atoms with E-state index in [-0.39, 0.29) is 5.97 Å². The molecule has 0 rings (SSSR count). The van der Waals surface area contributed by atoms with Gasteiger partial charge in [-0.25, -0.2) is 0 Å². The highest BCUT2D eigenvalue weighted by atomic mass is 16.5. The highest BCUT2D eigenvalue weighted by molar-refractivity contribution is 5.69. The van der Waals surface area contributed by atoms with Crippen LogP contribution in [0.1, 0.15) is 65.2 Å². The average Bonchev–Trinajstić information content (AvgIpc) is 2.33. The van der Waals surface area contributed by atoms with Crippen molar-refractivity contribution in [3.63, 3.8) is 0 Å². The van der Waals surface area contributed by atoms with Gasteiger partial charge in [-0.05, 0) is 19.4 Å². The molecular formula is C14H29NO2. The summed E-state index contributed by atoms with van der Waals surface area (Å²) in [6, 6.07) is 0. The molecule has 102 valence electrons. The Balaban J connectivity index is 3.08. The number of ether oxygens (including phenoxy) is 1. The Morgan fingerprint density at radius 1 is 0.941 bits per heavy atom. The third kappa shape index (κ3) is 13.4. The SMILES string of the molecule is CCCCCCNCCOC(=O)CCCCC. The van der Waals surface area contributed by atoms with Crippen LogP contribution in [0.5, 0.6) is 0 Å². The molecular weight excluding hydrogens is 214 g/mol. The summed E-state index contributed by atoms with van der Waals surface area (Å²) in [6.45, 7) is 6.68. The van der Waals surface area contributed by atoms with Crippen LogP contribution >= 0.6 is 0 Å². The second-order valence-corrected chi connectivity index (χ2v) is 4.49. The Morgan fingerprint density at radius 2 is 1.65 bits per heavy atom. The van der Waals surface area contributed by atoms with Crippen molar-refractivity contribution < 1.29 is 9.53 Å². The molecule has 17 heavy (non-hydrogen) atoms. The van der Waals surface area contributed by atoms with E-state index in [4.69, 9.17) is 4.74 Å². The summed E-state index contributed by atoms with van der Waals surface area (Å²) in [5.74, 6) is -0.0498. The van der Waals surface area contributed by atoms with Gasteiger partial charge in [-0.15, -0.1) is 0 Å². The Labute approximate surface area is 106 Å². The molecule has 0 atom stereocenters. The van der Waals surface area contributed by atoms with Gasteiger partial charge in [-0.3, -0.25) is 4.79 Å². The predicted molar refractivity (Wildman–Crippen MR) is 72.1 cm³/mol. The van der Waals surface area contributed by atoms with E-state index in [0.29, 0.717) is 13.0 Å². The summed E-state index contributed by atoms with van der Waals surface area (Å²) in [5.41, 5.74) is 0. The van der Waals surface area contributed by atoms with Gasteiger partial charge in [-0.2, -0.15) is 0 Å². The third-order valence-electron chi connectivity index (χ3n) is 2.73. The number of unbranched alkanes of at least 4 members (excludes halogenated alkanes) is 5. The number of carbonyl (C=O) groups excluding carboxylic acids is 1. The molecule has 0 amide bonds. The zero-order valence-corrected chi connectivity index (χ0v) is 11.6. The monoisotopic (exact) mass is 243 g/mol. The summed E-state index contributed by atoms with van der Waals surface area (Å²) >= 11 is 0. The minimum Gasteiger partial charge on any atom is -0.464 e. The van der Waals surface area contributed by atoms with Crippen molar-refractivity contribution in [1.29, 1.82) is 0 Å². The fourth-order valence-corrected chi connectivity index (χ4v) is 1.63. The zero-order chi connectivity index (χ0) is 12.8. The maximum atomic E-state index is 11.2. The molecule has 0 radical (unpaired) electrons. The molecule has 0 aliphatic heterocycles. The van der Waals surface area contributed by atoms with Gasteiger partial charge in [0.25, 0.3) is 0 Å². The van der Waals surface area contributed by atoms with Crippen molar-refractivity contribution in [2.75, 3.05) is 19.7 Å². The van der Waals surface area contributed by atoms with Crippen molar-refractivity contribution >= 4 is 5.97 Å². The zero-order valence-electron chi connectivity index (χ0n) is 11.6. The lowest BCUT2D eigenvalue weighted by Gasteiger charge is -2.06. The van der Waals surface area contributed by atoms with Crippen molar-refractivity contribution in [3.05, 3.63) is 0 Å². The van der Waals surface area contributed by atoms with Gasteiger partial charge in [0.1, 0.15) is 6.61 Å². The van der Waals surface area contributed by atoms with Crippen molar-refractivity contribution in [2.45, 2.75) is 65.2 Å². The quantitative estimate of drug-likeness (QED) is 0.422. The molecule has 0 unspecified atom stereocenters. The summed E-state index contributed by atoms with van der Waals surface area (Å²) in [7, 11) is 0. The van der Waals surface area contributed by atoms with Crippen molar-refractivity contribution in [3.8, 4) is 0 Å². The molecule has 0 aliphatic rings. The van der Waals surface area contributed by atoms with Crippen molar-refractivity contribution in [2.24, 2.45) is 0 Å². The van der Waals surface area contributed by atoms with Crippen molar-refractivity contribution in [1.82, 2.24) is 5.32 Å². The van der Waals surface area contributed by atoms with Gasteiger partial charge < -0.3 is 10.1 Å². The lowest BCUT2D eigenvalue weighted by atomic mass is 10.2. The third-order valence-corrected chi connectivity index (χ3v) is 2.73. The molecule has 3 heteroatoms. The predicted octanol–water partition coefficient (Wildman–Crippen LogP) is 3.28. The molecule has 0 heterocycles. The Morgan fingerprint density at radius 3 is 2.35 bits per heavy atom. The van der Waals surface area contributed by atoms with Gasteiger partial charge in [0.05, 0.1) is 0 Å². The van der Waals surface area contributed by atoms with Crippen LogP contribution in [0.15, 0.2) is 0 Å². The van der Waals surface area contributed by atoms with E-state index in [1.54, 1.807) is 0 Å². The van der Waals surface area contributed by atoms with Crippen LogP contribution in [0, 0.1) is 0 Å². The number of hydrogen-bond acceptors (Lipinski definition) is 3. The normalized spacial score (nSPS) is 10.5. The first-order valence-electron chi connectivity index (χ1n) is 7.17. The number of esters is 1. The van der Waals surface area contributed by atoms with E-state index in [0.717, 1.165) is 32.4 Å². The van der Waals surface area contributed by atoms with Gasteiger partial charge in [0.2, 0.25) is 0 Å². The molecule has 3 nitrogen and oxygen atoms in total. The number of hydrogen-bond donors (Lipinski definition) is 1. The molecule has 0 bridgehead atoms. The Kier molecular flexibility index (Phi) is 13.0. The lowest BCUT2D eigenvalue weighted by Crippen LogP contribution is -2.22. The molecule has 0 aromatic rings. The Hall–Kier alpha value is -0.570. The summed E-state index contributed by atoms with van der Waals surface area (Å²) in [4.78, 5) is 11.2. The first kappa shape index (κ1) is 16.4. The number of rotatable bonds is 12. The molecule has 1 N–H and O–H groups in total. The van der Waals surface area contributed by atoms with E-state index in [9.17, 15) is 4.79 Å². The van der Waals surface area contributed by atoms with E-state index in [2.05, 4.69) is 19.2 Å². The number of carbonyl (C=O) groups is 1.